The van der Waals surface area contributed by atoms with Crippen LogP contribution in [0.15, 0.2) is 18.2 Å². The maximum atomic E-state index is 13.1. The summed E-state index contributed by atoms with van der Waals surface area (Å²) in [5, 5.41) is 13.3. The summed E-state index contributed by atoms with van der Waals surface area (Å²) >= 11 is 6.45. The second kappa shape index (κ2) is 12.0. The van der Waals surface area contributed by atoms with Crippen molar-refractivity contribution in [2.75, 3.05) is 26.2 Å². The van der Waals surface area contributed by atoms with Gasteiger partial charge in [0.25, 0.3) is 5.91 Å². The van der Waals surface area contributed by atoms with Gasteiger partial charge in [-0.05, 0) is 80.5 Å². The minimum atomic E-state index is -0.0203. The maximum Gasteiger partial charge on any atom is 0.252 e. The fourth-order valence-corrected chi connectivity index (χ4v) is 7.08. The minimum Gasteiger partial charge on any atom is -0.395 e. The molecule has 0 atom stereocenters. The Morgan fingerprint density at radius 3 is 2.55 bits per heavy atom. The quantitative estimate of drug-likeness (QED) is 0.438. The molecule has 2 bridgehead atoms. The van der Waals surface area contributed by atoms with Crippen LogP contribution in [0.2, 0.25) is 5.02 Å². The highest BCUT2D eigenvalue weighted by molar-refractivity contribution is 6.33. The summed E-state index contributed by atoms with van der Waals surface area (Å²) in [4.78, 5) is 15.5. The number of nitrogens with one attached hydrogen (secondary N) is 1. The first-order chi connectivity index (χ1) is 16.1. The number of aliphatic hydroxyl groups excluding tert-OH is 1. The van der Waals surface area contributed by atoms with Crippen LogP contribution in [0.5, 0.6) is 0 Å². The summed E-state index contributed by atoms with van der Waals surface area (Å²) in [6.07, 6.45) is 17.6. The first-order valence-corrected chi connectivity index (χ1v) is 13.9. The van der Waals surface area contributed by atoms with E-state index in [-0.39, 0.29) is 12.5 Å². The number of carbonyl (C=O) groups excluding carboxylic acids is 1. The van der Waals surface area contributed by atoms with Crippen molar-refractivity contribution in [1.29, 1.82) is 0 Å². The average molecular weight is 475 g/mol. The normalized spacial score (nSPS) is 25.8. The third-order valence-corrected chi connectivity index (χ3v) is 8.98. The van der Waals surface area contributed by atoms with E-state index >= 15 is 0 Å². The Morgan fingerprint density at radius 2 is 1.82 bits per heavy atom. The number of carbonyl (C=O) groups is 1. The molecule has 0 radical (unpaired) electrons. The van der Waals surface area contributed by atoms with E-state index in [1.165, 1.54) is 82.6 Å². The predicted octanol–water partition coefficient (Wildman–Crippen LogP) is 5.99. The van der Waals surface area contributed by atoms with Gasteiger partial charge in [-0.15, -0.1) is 0 Å². The fourth-order valence-electron chi connectivity index (χ4n) is 6.87. The first kappa shape index (κ1) is 25.0. The Balaban J connectivity index is 1.30. The number of amides is 1. The van der Waals surface area contributed by atoms with E-state index in [9.17, 15) is 9.90 Å². The molecule has 2 N–H and O–H groups in total. The average Bonchev–Trinajstić information content (AvgIpc) is 2.84. The molecule has 1 aromatic rings. The molecule has 0 heterocycles. The molecule has 0 aromatic heterocycles. The Bertz CT molecular complexity index is 767. The highest BCUT2D eigenvalue weighted by atomic mass is 35.5. The Morgan fingerprint density at radius 1 is 1.06 bits per heavy atom. The number of benzene rings is 1. The number of aryl methyl sites for hydroxylation is 1. The summed E-state index contributed by atoms with van der Waals surface area (Å²) in [7, 11) is 0. The van der Waals surface area contributed by atoms with Crippen molar-refractivity contribution in [3.05, 3.63) is 34.3 Å². The molecule has 3 saturated carbocycles. The van der Waals surface area contributed by atoms with Crippen LogP contribution >= 0.6 is 11.6 Å². The minimum absolute atomic E-state index is 0.0203. The monoisotopic (exact) mass is 474 g/mol. The molecular formula is C28H43ClN2O2. The van der Waals surface area contributed by atoms with Gasteiger partial charge in [-0.1, -0.05) is 62.6 Å². The zero-order valence-electron chi connectivity index (χ0n) is 20.3. The van der Waals surface area contributed by atoms with E-state index in [0.717, 1.165) is 38.4 Å². The lowest BCUT2D eigenvalue weighted by molar-refractivity contribution is 0.0681. The summed E-state index contributed by atoms with van der Waals surface area (Å²) in [5.41, 5.74) is 2.11. The van der Waals surface area contributed by atoms with E-state index in [1.807, 2.05) is 12.1 Å². The molecule has 3 aliphatic rings. The van der Waals surface area contributed by atoms with Gasteiger partial charge in [0, 0.05) is 19.1 Å². The number of fused-ring (bicyclic) bond motifs is 2. The van der Waals surface area contributed by atoms with Gasteiger partial charge in [0.2, 0.25) is 0 Å². The molecule has 3 fully saturated rings. The molecule has 4 nitrogen and oxygen atoms in total. The zero-order chi connectivity index (χ0) is 23.1. The van der Waals surface area contributed by atoms with Crippen molar-refractivity contribution in [3.8, 4) is 0 Å². The lowest BCUT2D eigenvalue weighted by Gasteiger charge is -2.45. The molecular weight excluding hydrogens is 432 g/mol. The van der Waals surface area contributed by atoms with Crippen LogP contribution < -0.4 is 5.32 Å². The fraction of sp³-hybridized carbons (Fsp3) is 0.750. The topological polar surface area (TPSA) is 52.6 Å². The standard InChI is InChI=1S/C28H43ClN2O2/c29-26-13-12-22(9-6-16-31(17-18-32)24-10-2-1-3-11-24)19-25(26)27(33)30-21-28-14-4-7-23(20-28)8-5-15-28/h12-13,19,23-24,32H,1-11,14-18,20-21H2,(H,30,33). The Hall–Kier alpha value is -1.10. The number of hydrogen-bond acceptors (Lipinski definition) is 3. The van der Waals surface area contributed by atoms with Crippen molar-refractivity contribution in [1.82, 2.24) is 10.2 Å². The van der Waals surface area contributed by atoms with Gasteiger partial charge in [0.1, 0.15) is 0 Å². The van der Waals surface area contributed by atoms with Crippen LogP contribution in [0.25, 0.3) is 0 Å². The summed E-state index contributed by atoms with van der Waals surface area (Å²) < 4.78 is 0. The molecule has 0 saturated heterocycles. The number of halogens is 1. The third-order valence-electron chi connectivity index (χ3n) is 8.65. The van der Waals surface area contributed by atoms with Gasteiger partial charge in [0.15, 0.2) is 0 Å². The molecule has 0 unspecified atom stereocenters. The zero-order valence-corrected chi connectivity index (χ0v) is 21.1. The number of hydrogen-bond donors (Lipinski definition) is 2. The molecule has 1 aromatic carbocycles. The lowest BCUT2D eigenvalue weighted by Crippen LogP contribution is -2.43. The SMILES string of the molecule is O=C(NCC12CCCC(CCC1)C2)c1cc(CCCN(CCO)C2CCCCC2)ccc1Cl. The smallest absolute Gasteiger partial charge is 0.252 e. The Kier molecular flexibility index (Phi) is 9.12. The molecule has 3 aliphatic carbocycles. The third kappa shape index (κ3) is 6.74. The van der Waals surface area contributed by atoms with Gasteiger partial charge in [0.05, 0.1) is 17.2 Å². The molecule has 0 aliphatic heterocycles. The second-order valence-corrected chi connectivity index (χ2v) is 11.4. The molecule has 1 amide bonds. The highest BCUT2D eigenvalue weighted by Crippen LogP contribution is 2.48. The number of aliphatic hydroxyl groups is 1. The van der Waals surface area contributed by atoms with E-state index < -0.39 is 0 Å². The van der Waals surface area contributed by atoms with Gasteiger partial charge in [-0.3, -0.25) is 9.69 Å². The molecule has 5 heteroatoms. The second-order valence-electron chi connectivity index (χ2n) is 11.0. The summed E-state index contributed by atoms with van der Waals surface area (Å²) in [6.45, 7) is 2.78. The maximum absolute atomic E-state index is 13.1. The van der Waals surface area contributed by atoms with Crippen LogP contribution in [0.3, 0.4) is 0 Å². The van der Waals surface area contributed by atoms with Crippen LogP contribution in [-0.4, -0.2) is 48.2 Å². The molecule has 0 spiro atoms. The van der Waals surface area contributed by atoms with E-state index in [2.05, 4.69) is 16.3 Å². The van der Waals surface area contributed by atoms with Crippen molar-refractivity contribution in [2.45, 2.75) is 95.9 Å². The molecule has 184 valence electrons. The van der Waals surface area contributed by atoms with Crippen molar-refractivity contribution in [3.63, 3.8) is 0 Å². The predicted molar refractivity (Wildman–Crippen MR) is 136 cm³/mol. The van der Waals surface area contributed by atoms with Crippen LogP contribution in [-0.2, 0) is 6.42 Å². The van der Waals surface area contributed by atoms with Gasteiger partial charge < -0.3 is 10.4 Å². The summed E-state index contributed by atoms with van der Waals surface area (Å²) in [5.74, 6) is 0.850. The van der Waals surface area contributed by atoms with Crippen molar-refractivity contribution in [2.24, 2.45) is 11.3 Å². The Labute approximate surface area is 205 Å². The van der Waals surface area contributed by atoms with Gasteiger partial charge in [-0.25, -0.2) is 0 Å². The summed E-state index contributed by atoms with van der Waals surface area (Å²) in [6, 6.07) is 6.56. The number of nitrogens with zero attached hydrogens (tertiary/aromatic N) is 1. The largest absolute Gasteiger partial charge is 0.395 e. The molecule has 33 heavy (non-hydrogen) atoms. The van der Waals surface area contributed by atoms with E-state index in [1.54, 1.807) is 0 Å². The van der Waals surface area contributed by atoms with Gasteiger partial charge >= 0.3 is 0 Å². The van der Waals surface area contributed by atoms with Crippen molar-refractivity contribution < 1.29 is 9.90 Å². The number of rotatable bonds is 10. The molecule has 4 rings (SSSR count). The highest BCUT2D eigenvalue weighted by Gasteiger charge is 2.39. The lowest BCUT2D eigenvalue weighted by atomic mass is 9.62. The van der Waals surface area contributed by atoms with E-state index in [0.29, 0.717) is 22.0 Å². The van der Waals surface area contributed by atoms with Crippen LogP contribution in [0.4, 0.5) is 0 Å². The van der Waals surface area contributed by atoms with Crippen LogP contribution in [0.1, 0.15) is 99.4 Å². The first-order valence-electron chi connectivity index (χ1n) is 13.5. The van der Waals surface area contributed by atoms with Gasteiger partial charge in [-0.2, -0.15) is 0 Å². The van der Waals surface area contributed by atoms with E-state index in [4.69, 9.17) is 11.6 Å². The van der Waals surface area contributed by atoms with Crippen LogP contribution in [0, 0.1) is 11.3 Å². The van der Waals surface area contributed by atoms with Crippen molar-refractivity contribution >= 4 is 17.5 Å².